The summed E-state index contributed by atoms with van der Waals surface area (Å²) < 4.78 is 13.5. The minimum atomic E-state index is -0.0128. The maximum absolute atomic E-state index is 6.75. The molecule has 0 radical (unpaired) electrons. The molecule has 2 saturated heterocycles. The summed E-state index contributed by atoms with van der Waals surface area (Å²) in [5.74, 6) is 1.41. The normalized spacial score (nSPS) is 37.0. The van der Waals surface area contributed by atoms with Crippen LogP contribution in [-0.2, 0) is 6.42 Å². The van der Waals surface area contributed by atoms with Crippen LogP contribution in [0.3, 0.4) is 0 Å². The molecule has 3 rings (SSSR count). The van der Waals surface area contributed by atoms with Gasteiger partial charge in [-0.2, -0.15) is 9.97 Å². The van der Waals surface area contributed by atoms with Gasteiger partial charge in [-0.15, -0.1) is 4.98 Å². The van der Waals surface area contributed by atoms with Crippen LogP contribution < -0.4 is 20.1 Å². The average Bonchev–Trinajstić information content (AvgIpc) is 2.96. The van der Waals surface area contributed by atoms with E-state index in [-0.39, 0.29) is 34.4 Å². The predicted molar refractivity (Wildman–Crippen MR) is 174 cm³/mol. The minimum absolute atomic E-state index is 0.00929. The van der Waals surface area contributed by atoms with Crippen molar-refractivity contribution in [3.05, 3.63) is 5.82 Å². The van der Waals surface area contributed by atoms with E-state index in [4.69, 9.17) is 24.4 Å². The van der Waals surface area contributed by atoms with Crippen LogP contribution in [-0.4, -0.2) is 49.3 Å². The topological polar surface area (TPSA) is 81.2 Å². The lowest BCUT2D eigenvalue weighted by atomic mass is 9.70. The number of rotatable bonds is 15. The molecule has 7 heteroatoms. The number of aromatic nitrogens is 3. The molecule has 8 unspecified atom stereocenters. The van der Waals surface area contributed by atoms with Crippen LogP contribution in [0, 0.1) is 11.8 Å². The van der Waals surface area contributed by atoms with Crippen LogP contribution in [0.5, 0.6) is 12.0 Å². The molecule has 0 saturated carbocycles. The molecule has 0 amide bonds. The Kier molecular flexibility index (Phi) is 12.1. The monoisotopic (exact) mass is 588 g/mol. The molecule has 0 aromatic carbocycles. The van der Waals surface area contributed by atoms with Crippen molar-refractivity contribution in [2.24, 2.45) is 11.8 Å². The highest BCUT2D eigenvalue weighted by Crippen LogP contribution is 2.40. The van der Waals surface area contributed by atoms with Crippen molar-refractivity contribution in [3.8, 4) is 12.0 Å². The number of aryl methyl sites for hydroxylation is 1. The standard InChI is InChI=1S/C35H65N5O2/c1-12-17-18-19-20-21-22-29-36-30(41-27-23-32(8,13-2)39-34(10,15-4)25(27)6)38-31(37-29)42-28-24-33(9,14-3)40-35(11,16-5)26(28)7/h25-28,39-40H,12-24H2,1-11H3. The van der Waals surface area contributed by atoms with E-state index in [2.05, 4.69) is 86.8 Å². The second kappa shape index (κ2) is 14.5. The molecule has 2 aliphatic rings. The van der Waals surface area contributed by atoms with Crippen molar-refractivity contribution in [2.45, 2.75) is 194 Å². The van der Waals surface area contributed by atoms with Gasteiger partial charge in [-0.1, -0.05) is 80.6 Å². The molecule has 7 nitrogen and oxygen atoms in total. The lowest BCUT2D eigenvalue weighted by Gasteiger charge is -2.53. The van der Waals surface area contributed by atoms with Crippen LogP contribution in [0.2, 0.25) is 0 Å². The molecule has 0 spiro atoms. The van der Waals surface area contributed by atoms with Gasteiger partial charge < -0.3 is 20.1 Å². The molecule has 2 aliphatic heterocycles. The van der Waals surface area contributed by atoms with Crippen LogP contribution in [0.15, 0.2) is 0 Å². The summed E-state index contributed by atoms with van der Waals surface area (Å²) in [5, 5.41) is 7.93. The maximum atomic E-state index is 6.75. The third kappa shape index (κ3) is 8.37. The Morgan fingerprint density at radius 2 is 1.05 bits per heavy atom. The predicted octanol–water partition coefficient (Wildman–Crippen LogP) is 8.20. The second-order valence-corrected chi connectivity index (χ2v) is 14.8. The Morgan fingerprint density at radius 1 is 0.619 bits per heavy atom. The van der Waals surface area contributed by atoms with Crippen molar-refractivity contribution in [3.63, 3.8) is 0 Å². The fourth-order valence-electron chi connectivity index (χ4n) is 7.27. The molecule has 2 N–H and O–H groups in total. The Morgan fingerprint density at radius 3 is 1.45 bits per heavy atom. The quantitative estimate of drug-likeness (QED) is 0.200. The van der Waals surface area contributed by atoms with E-state index in [0.29, 0.717) is 23.9 Å². The van der Waals surface area contributed by atoms with Gasteiger partial charge in [0.25, 0.3) is 0 Å². The lowest BCUT2D eigenvalue weighted by Crippen LogP contribution is -2.66. The van der Waals surface area contributed by atoms with Gasteiger partial charge in [0, 0.05) is 53.3 Å². The first-order valence-corrected chi connectivity index (χ1v) is 17.4. The molecular weight excluding hydrogens is 522 g/mol. The van der Waals surface area contributed by atoms with Crippen molar-refractivity contribution in [1.82, 2.24) is 25.6 Å². The Hall–Kier alpha value is -1.47. The molecule has 42 heavy (non-hydrogen) atoms. The van der Waals surface area contributed by atoms with Crippen LogP contribution in [0.25, 0.3) is 0 Å². The van der Waals surface area contributed by atoms with Crippen LogP contribution >= 0.6 is 0 Å². The SMILES string of the molecule is CCCCCCCCc1nc(OC2CC(C)(CC)NC(C)(CC)C2C)nc(OC2CC(C)(CC)NC(C)(CC)C2C)n1. The highest BCUT2D eigenvalue weighted by Gasteiger charge is 2.49. The maximum Gasteiger partial charge on any atom is 0.323 e. The highest BCUT2D eigenvalue weighted by molar-refractivity contribution is 5.12. The van der Waals surface area contributed by atoms with Crippen molar-refractivity contribution in [2.75, 3.05) is 0 Å². The lowest BCUT2D eigenvalue weighted by molar-refractivity contribution is -0.0242. The summed E-state index contributed by atoms with van der Waals surface area (Å²) >= 11 is 0. The molecule has 8 atom stereocenters. The molecule has 242 valence electrons. The first-order chi connectivity index (χ1) is 19.8. The largest absolute Gasteiger partial charge is 0.460 e. The number of hydrogen-bond donors (Lipinski definition) is 2. The molecule has 0 aliphatic carbocycles. The van der Waals surface area contributed by atoms with E-state index in [9.17, 15) is 0 Å². The Labute approximate surface area is 258 Å². The van der Waals surface area contributed by atoms with Gasteiger partial charge in [-0.25, -0.2) is 0 Å². The summed E-state index contributed by atoms with van der Waals surface area (Å²) in [6.07, 6.45) is 14.3. The zero-order valence-electron chi connectivity index (χ0n) is 29.2. The van der Waals surface area contributed by atoms with Gasteiger partial charge >= 0.3 is 12.0 Å². The summed E-state index contributed by atoms with van der Waals surface area (Å²) in [7, 11) is 0. The zero-order chi connectivity index (χ0) is 31.2. The van der Waals surface area contributed by atoms with E-state index in [1.165, 1.54) is 32.1 Å². The Bertz CT molecular complexity index is 926. The van der Waals surface area contributed by atoms with Crippen molar-refractivity contribution >= 4 is 0 Å². The third-order valence-electron chi connectivity index (χ3n) is 11.5. The zero-order valence-corrected chi connectivity index (χ0v) is 29.2. The molecular formula is C35H65N5O2. The first-order valence-electron chi connectivity index (χ1n) is 17.4. The van der Waals surface area contributed by atoms with E-state index in [1.807, 2.05) is 0 Å². The number of ether oxygens (including phenoxy) is 2. The van der Waals surface area contributed by atoms with Gasteiger partial charge in [0.1, 0.15) is 18.0 Å². The summed E-state index contributed by atoms with van der Waals surface area (Å²) in [5.41, 5.74) is -0.00701. The van der Waals surface area contributed by atoms with E-state index in [1.54, 1.807) is 0 Å². The van der Waals surface area contributed by atoms with Gasteiger partial charge in [-0.05, 0) is 59.8 Å². The van der Waals surface area contributed by atoms with Gasteiger partial charge in [-0.3, -0.25) is 0 Å². The van der Waals surface area contributed by atoms with Gasteiger partial charge in [0.15, 0.2) is 0 Å². The Balaban J connectivity index is 1.89. The van der Waals surface area contributed by atoms with E-state index < -0.39 is 0 Å². The molecule has 1 aromatic rings. The smallest absolute Gasteiger partial charge is 0.323 e. The van der Waals surface area contributed by atoms with Crippen LogP contribution in [0.1, 0.15) is 159 Å². The highest BCUT2D eigenvalue weighted by atomic mass is 16.5. The number of unbranched alkanes of at least 4 members (excludes halogenated alkanes) is 5. The molecule has 2 fully saturated rings. The van der Waals surface area contributed by atoms with E-state index in [0.717, 1.165) is 57.2 Å². The third-order valence-corrected chi connectivity index (χ3v) is 11.5. The van der Waals surface area contributed by atoms with Crippen LogP contribution in [0.4, 0.5) is 0 Å². The molecule has 3 heterocycles. The van der Waals surface area contributed by atoms with Gasteiger partial charge in [0.05, 0.1) is 0 Å². The molecule has 0 bridgehead atoms. The summed E-state index contributed by atoms with van der Waals surface area (Å²) in [4.78, 5) is 14.6. The number of hydrogen-bond acceptors (Lipinski definition) is 7. The van der Waals surface area contributed by atoms with Crippen molar-refractivity contribution in [1.29, 1.82) is 0 Å². The fourth-order valence-corrected chi connectivity index (χ4v) is 7.27. The summed E-state index contributed by atoms with van der Waals surface area (Å²) in [6, 6.07) is 0.851. The number of nitrogens with one attached hydrogen (secondary N) is 2. The van der Waals surface area contributed by atoms with Gasteiger partial charge in [0.2, 0.25) is 0 Å². The minimum Gasteiger partial charge on any atom is -0.460 e. The van der Waals surface area contributed by atoms with Crippen molar-refractivity contribution < 1.29 is 9.47 Å². The number of piperidine rings is 2. The number of nitrogens with zero attached hydrogens (tertiary/aromatic N) is 3. The first kappa shape index (κ1) is 35.0. The fraction of sp³-hybridized carbons (Fsp3) is 0.914. The molecule has 1 aromatic heterocycles. The average molecular weight is 588 g/mol. The summed E-state index contributed by atoms with van der Waals surface area (Å²) in [6.45, 7) is 25.2. The second-order valence-electron chi connectivity index (χ2n) is 14.8. The van der Waals surface area contributed by atoms with E-state index >= 15 is 0 Å².